The van der Waals surface area contributed by atoms with Gasteiger partial charge in [0.25, 0.3) is 5.91 Å². The summed E-state index contributed by atoms with van der Waals surface area (Å²) in [6, 6.07) is 7.87. The largest absolute Gasteiger partial charge is 0.483 e. The Morgan fingerprint density at radius 2 is 2.16 bits per heavy atom. The van der Waals surface area contributed by atoms with Gasteiger partial charge in [-0.05, 0) is 31.7 Å². The van der Waals surface area contributed by atoms with Crippen LogP contribution in [0.1, 0.15) is 25.3 Å². The summed E-state index contributed by atoms with van der Waals surface area (Å²) < 4.78 is 5.59. The highest BCUT2D eigenvalue weighted by Gasteiger charge is 2.32. The number of ether oxygens (including phenoxy) is 1. The van der Waals surface area contributed by atoms with E-state index in [9.17, 15) is 4.79 Å². The number of rotatable bonds is 6. The lowest BCUT2D eigenvalue weighted by Gasteiger charge is -2.25. The molecule has 1 fully saturated rings. The molecule has 1 atom stereocenters. The highest BCUT2D eigenvalue weighted by molar-refractivity contribution is 5.77. The van der Waals surface area contributed by atoms with Gasteiger partial charge in [0.15, 0.2) is 6.61 Å². The lowest BCUT2D eigenvalue weighted by molar-refractivity contribution is -0.134. The first-order chi connectivity index (χ1) is 9.13. The van der Waals surface area contributed by atoms with Gasteiger partial charge in [-0.3, -0.25) is 4.79 Å². The van der Waals surface area contributed by atoms with Crippen molar-refractivity contribution in [3.05, 3.63) is 29.8 Å². The SMILES string of the molecule is CC(C1CC1)N(C)C(=O)COc1ccccc1CN. The Morgan fingerprint density at radius 1 is 1.47 bits per heavy atom. The van der Waals surface area contributed by atoms with Crippen molar-refractivity contribution in [3.63, 3.8) is 0 Å². The van der Waals surface area contributed by atoms with Crippen molar-refractivity contribution < 1.29 is 9.53 Å². The van der Waals surface area contributed by atoms with E-state index in [2.05, 4.69) is 6.92 Å². The molecule has 2 rings (SSSR count). The smallest absolute Gasteiger partial charge is 0.260 e. The quantitative estimate of drug-likeness (QED) is 0.850. The zero-order valence-corrected chi connectivity index (χ0v) is 11.6. The van der Waals surface area contributed by atoms with E-state index in [1.807, 2.05) is 31.3 Å². The normalized spacial score (nSPS) is 15.9. The molecule has 1 aliphatic rings. The summed E-state index contributed by atoms with van der Waals surface area (Å²) in [7, 11) is 1.85. The standard InChI is InChI=1S/C15H22N2O2/c1-11(12-7-8-12)17(2)15(18)10-19-14-6-4-3-5-13(14)9-16/h3-6,11-12H,7-10,16H2,1-2H3. The molecule has 1 aromatic carbocycles. The molecule has 104 valence electrons. The molecule has 0 bridgehead atoms. The molecular formula is C15H22N2O2. The van der Waals surface area contributed by atoms with Gasteiger partial charge in [0.2, 0.25) is 0 Å². The number of benzene rings is 1. The first-order valence-electron chi connectivity index (χ1n) is 6.80. The van der Waals surface area contributed by atoms with Gasteiger partial charge in [-0.1, -0.05) is 18.2 Å². The van der Waals surface area contributed by atoms with Crippen LogP contribution in [-0.4, -0.2) is 30.5 Å². The maximum atomic E-state index is 12.1. The molecule has 4 heteroatoms. The molecule has 1 amide bonds. The van der Waals surface area contributed by atoms with E-state index >= 15 is 0 Å². The van der Waals surface area contributed by atoms with Gasteiger partial charge in [0, 0.05) is 25.2 Å². The third-order valence-electron chi connectivity index (χ3n) is 3.85. The van der Waals surface area contributed by atoms with Crippen LogP contribution in [0.4, 0.5) is 0 Å². The van der Waals surface area contributed by atoms with E-state index < -0.39 is 0 Å². The van der Waals surface area contributed by atoms with Gasteiger partial charge in [-0.2, -0.15) is 0 Å². The second kappa shape index (κ2) is 6.06. The number of nitrogens with two attached hydrogens (primary N) is 1. The number of carbonyl (C=O) groups excluding carboxylic acids is 1. The van der Waals surface area contributed by atoms with Crippen LogP contribution in [0.25, 0.3) is 0 Å². The predicted octanol–water partition coefficient (Wildman–Crippen LogP) is 1.78. The van der Waals surface area contributed by atoms with E-state index in [4.69, 9.17) is 10.5 Å². The molecule has 0 spiro atoms. The number of carbonyl (C=O) groups is 1. The van der Waals surface area contributed by atoms with Crippen molar-refractivity contribution in [3.8, 4) is 5.75 Å². The minimum absolute atomic E-state index is 0.0197. The van der Waals surface area contributed by atoms with Crippen LogP contribution < -0.4 is 10.5 Å². The lowest BCUT2D eigenvalue weighted by Crippen LogP contribution is -2.39. The summed E-state index contributed by atoms with van der Waals surface area (Å²) in [6.07, 6.45) is 2.46. The Labute approximate surface area is 114 Å². The van der Waals surface area contributed by atoms with E-state index in [0.717, 1.165) is 5.56 Å². The molecule has 0 saturated heterocycles. The van der Waals surface area contributed by atoms with Crippen molar-refractivity contribution in [2.75, 3.05) is 13.7 Å². The molecule has 2 N–H and O–H groups in total. The molecule has 0 aliphatic heterocycles. The van der Waals surface area contributed by atoms with Gasteiger partial charge < -0.3 is 15.4 Å². The molecule has 1 saturated carbocycles. The minimum atomic E-state index is 0.0197. The van der Waals surface area contributed by atoms with E-state index in [-0.39, 0.29) is 12.5 Å². The third-order valence-corrected chi connectivity index (χ3v) is 3.85. The van der Waals surface area contributed by atoms with Gasteiger partial charge >= 0.3 is 0 Å². The third kappa shape index (κ3) is 3.47. The van der Waals surface area contributed by atoms with Crippen LogP contribution in [-0.2, 0) is 11.3 Å². The molecule has 0 radical (unpaired) electrons. The van der Waals surface area contributed by atoms with Crippen molar-refractivity contribution in [2.45, 2.75) is 32.4 Å². The predicted molar refractivity (Wildman–Crippen MR) is 74.8 cm³/mol. The Balaban J connectivity index is 1.88. The maximum Gasteiger partial charge on any atom is 0.260 e. The molecule has 19 heavy (non-hydrogen) atoms. The van der Waals surface area contributed by atoms with E-state index in [1.54, 1.807) is 4.90 Å². The fourth-order valence-electron chi connectivity index (χ4n) is 2.18. The summed E-state index contributed by atoms with van der Waals surface area (Å²) in [4.78, 5) is 13.9. The zero-order valence-electron chi connectivity index (χ0n) is 11.6. The first kappa shape index (κ1) is 13.9. The molecule has 0 aromatic heterocycles. The van der Waals surface area contributed by atoms with Crippen molar-refractivity contribution in [1.82, 2.24) is 4.90 Å². The second-order valence-electron chi connectivity index (χ2n) is 5.18. The van der Waals surface area contributed by atoms with Crippen molar-refractivity contribution >= 4 is 5.91 Å². The van der Waals surface area contributed by atoms with E-state index in [1.165, 1.54) is 12.8 Å². The Hall–Kier alpha value is -1.55. The average Bonchev–Trinajstić information content (AvgIpc) is 3.27. The average molecular weight is 262 g/mol. The highest BCUT2D eigenvalue weighted by Crippen LogP contribution is 2.34. The van der Waals surface area contributed by atoms with Crippen LogP contribution in [0.2, 0.25) is 0 Å². The molecule has 1 unspecified atom stereocenters. The topological polar surface area (TPSA) is 55.6 Å². The summed E-state index contributed by atoms with van der Waals surface area (Å²) in [5.41, 5.74) is 6.56. The molecule has 0 heterocycles. The number of hydrogen-bond acceptors (Lipinski definition) is 3. The van der Waals surface area contributed by atoms with Gasteiger partial charge in [-0.25, -0.2) is 0 Å². The van der Waals surface area contributed by atoms with Crippen molar-refractivity contribution in [1.29, 1.82) is 0 Å². The molecule has 4 nitrogen and oxygen atoms in total. The van der Waals surface area contributed by atoms with Crippen LogP contribution in [0.15, 0.2) is 24.3 Å². The highest BCUT2D eigenvalue weighted by atomic mass is 16.5. The number of nitrogens with zero attached hydrogens (tertiary/aromatic N) is 1. The Bertz CT molecular complexity index is 444. The number of para-hydroxylation sites is 1. The monoisotopic (exact) mass is 262 g/mol. The summed E-state index contributed by atoms with van der Waals surface area (Å²) in [5, 5.41) is 0. The summed E-state index contributed by atoms with van der Waals surface area (Å²) in [5.74, 6) is 1.39. The molecule has 1 aliphatic carbocycles. The van der Waals surface area contributed by atoms with Crippen LogP contribution in [0.3, 0.4) is 0 Å². The fraction of sp³-hybridized carbons (Fsp3) is 0.533. The van der Waals surface area contributed by atoms with Crippen LogP contribution in [0.5, 0.6) is 5.75 Å². The maximum absolute atomic E-state index is 12.1. The van der Waals surface area contributed by atoms with Gasteiger partial charge in [0.05, 0.1) is 0 Å². The summed E-state index contributed by atoms with van der Waals surface area (Å²) in [6.45, 7) is 2.59. The minimum Gasteiger partial charge on any atom is -0.483 e. The summed E-state index contributed by atoms with van der Waals surface area (Å²) >= 11 is 0. The van der Waals surface area contributed by atoms with Gasteiger partial charge in [-0.15, -0.1) is 0 Å². The Morgan fingerprint density at radius 3 is 2.79 bits per heavy atom. The van der Waals surface area contributed by atoms with Crippen LogP contribution in [0, 0.1) is 5.92 Å². The van der Waals surface area contributed by atoms with E-state index in [0.29, 0.717) is 24.3 Å². The molecular weight excluding hydrogens is 240 g/mol. The molecule has 1 aromatic rings. The Kier molecular flexibility index (Phi) is 4.43. The number of hydrogen-bond donors (Lipinski definition) is 1. The van der Waals surface area contributed by atoms with Crippen molar-refractivity contribution in [2.24, 2.45) is 11.7 Å². The van der Waals surface area contributed by atoms with Crippen LogP contribution >= 0.6 is 0 Å². The number of likely N-dealkylation sites (N-methyl/N-ethyl adjacent to an activating group) is 1. The number of amides is 1. The zero-order chi connectivity index (χ0) is 13.8. The fourth-order valence-corrected chi connectivity index (χ4v) is 2.18. The first-order valence-corrected chi connectivity index (χ1v) is 6.80. The van der Waals surface area contributed by atoms with Gasteiger partial charge in [0.1, 0.15) is 5.75 Å². The lowest BCUT2D eigenvalue weighted by atomic mass is 10.2. The second-order valence-corrected chi connectivity index (χ2v) is 5.18.